The number of ether oxygens (including phenoxy) is 1. The zero-order chi connectivity index (χ0) is 13.8. The van der Waals surface area contributed by atoms with E-state index in [1.807, 2.05) is 0 Å². The molecule has 0 radical (unpaired) electrons. The van der Waals surface area contributed by atoms with Crippen molar-refractivity contribution in [3.8, 4) is 11.1 Å². The molecule has 0 aliphatic heterocycles. The van der Waals surface area contributed by atoms with Gasteiger partial charge in [0, 0.05) is 7.11 Å². The van der Waals surface area contributed by atoms with Gasteiger partial charge in [0.25, 0.3) is 0 Å². The minimum absolute atomic E-state index is 0.109. The quantitative estimate of drug-likeness (QED) is 0.693. The van der Waals surface area contributed by atoms with E-state index in [0.29, 0.717) is 0 Å². The van der Waals surface area contributed by atoms with Crippen molar-refractivity contribution in [2.75, 3.05) is 7.11 Å². The average molecular weight is 295 g/mol. The SMILES string of the molecule is COC1c2ccccc2-c2ccccc21.O=C(Cl)Cl. The number of rotatable bonds is 1. The maximum Gasteiger partial charge on any atom is 0.313 e. The first-order valence-corrected chi connectivity index (χ1v) is 6.46. The molecule has 0 heterocycles. The lowest BCUT2D eigenvalue weighted by Gasteiger charge is -2.10. The van der Waals surface area contributed by atoms with Gasteiger partial charge in [-0.1, -0.05) is 48.5 Å². The normalized spacial score (nSPS) is 12.2. The first kappa shape index (κ1) is 14.1. The van der Waals surface area contributed by atoms with Crippen LogP contribution in [0, 0.1) is 0 Å². The van der Waals surface area contributed by atoms with Crippen LogP contribution < -0.4 is 0 Å². The highest BCUT2D eigenvalue weighted by Crippen LogP contribution is 2.44. The molecule has 4 heteroatoms. The standard InChI is InChI=1S/C14H12O.CCl2O/c1-15-14-12-8-4-2-6-10(12)11-7-3-5-9-13(11)14;2-1(3)4/h2-9,14H,1H3;. The molecule has 0 fully saturated rings. The number of hydrogen-bond donors (Lipinski definition) is 0. The molecule has 0 amide bonds. The summed E-state index contributed by atoms with van der Waals surface area (Å²) in [6.07, 6.45) is 0.109. The topological polar surface area (TPSA) is 26.3 Å². The van der Waals surface area contributed by atoms with E-state index in [2.05, 4.69) is 71.7 Å². The van der Waals surface area contributed by atoms with Gasteiger partial charge in [-0.2, -0.15) is 0 Å². The monoisotopic (exact) mass is 294 g/mol. The molecule has 0 bridgehead atoms. The van der Waals surface area contributed by atoms with E-state index in [4.69, 9.17) is 9.53 Å². The van der Waals surface area contributed by atoms with Crippen LogP contribution >= 0.6 is 23.2 Å². The van der Waals surface area contributed by atoms with Gasteiger partial charge >= 0.3 is 4.70 Å². The molecule has 1 aliphatic rings. The fourth-order valence-electron chi connectivity index (χ4n) is 2.36. The number of fused-ring (bicyclic) bond motifs is 3. The number of carbonyl (C=O) groups excluding carboxylic acids is 1. The van der Waals surface area contributed by atoms with E-state index in [1.54, 1.807) is 7.11 Å². The third kappa shape index (κ3) is 2.98. The van der Waals surface area contributed by atoms with Crippen molar-refractivity contribution >= 4 is 27.9 Å². The molecule has 98 valence electrons. The van der Waals surface area contributed by atoms with Crippen LogP contribution in [0.1, 0.15) is 17.2 Å². The minimum Gasteiger partial charge on any atom is -0.372 e. The number of benzene rings is 2. The van der Waals surface area contributed by atoms with Gasteiger partial charge in [0.05, 0.1) is 0 Å². The lowest BCUT2D eigenvalue weighted by Crippen LogP contribution is -1.97. The summed E-state index contributed by atoms with van der Waals surface area (Å²) < 4.78 is 4.68. The zero-order valence-electron chi connectivity index (χ0n) is 10.3. The molecule has 2 aromatic rings. The predicted molar refractivity (Wildman–Crippen MR) is 77.8 cm³/mol. The summed E-state index contributed by atoms with van der Waals surface area (Å²) in [6, 6.07) is 16.9. The van der Waals surface area contributed by atoms with Crippen LogP contribution in [0.4, 0.5) is 4.79 Å². The Balaban J connectivity index is 0.000000297. The summed E-state index contributed by atoms with van der Waals surface area (Å²) in [5, 5.41) is 0. The van der Waals surface area contributed by atoms with Crippen molar-refractivity contribution in [1.82, 2.24) is 0 Å². The van der Waals surface area contributed by atoms with Crippen molar-refractivity contribution < 1.29 is 9.53 Å². The fraction of sp³-hybridized carbons (Fsp3) is 0.133. The van der Waals surface area contributed by atoms with Gasteiger partial charge in [0.15, 0.2) is 0 Å². The van der Waals surface area contributed by atoms with Crippen LogP contribution in [0.5, 0.6) is 0 Å². The summed E-state index contributed by atoms with van der Waals surface area (Å²) in [5.74, 6) is 0. The first-order chi connectivity index (χ1) is 9.15. The Hall–Kier alpha value is -1.35. The average Bonchev–Trinajstić information content (AvgIpc) is 2.72. The van der Waals surface area contributed by atoms with Crippen molar-refractivity contribution in [3.63, 3.8) is 0 Å². The molecule has 2 nitrogen and oxygen atoms in total. The maximum atomic E-state index is 8.98. The van der Waals surface area contributed by atoms with Gasteiger partial charge in [-0.25, -0.2) is 0 Å². The molecule has 0 N–H and O–H groups in total. The van der Waals surface area contributed by atoms with Gasteiger partial charge in [-0.3, -0.25) is 4.79 Å². The van der Waals surface area contributed by atoms with Gasteiger partial charge in [-0.15, -0.1) is 0 Å². The van der Waals surface area contributed by atoms with E-state index in [-0.39, 0.29) is 6.10 Å². The van der Waals surface area contributed by atoms with Crippen LogP contribution in [-0.2, 0) is 4.74 Å². The number of methoxy groups -OCH3 is 1. The largest absolute Gasteiger partial charge is 0.372 e. The Morgan fingerprint density at radius 2 is 1.32 bits per heavy atom. The lowest BCUT2D eigenvalue weighted by molar-refractivity contribution is 0.140. The van der Waals surface area contributed by atoms with Crippen LogP contribution in [0.25, 0.3) is 11.1 Å². The summed E-state index contributed by atoms with van der Waals surface area (Å²) in [4.78, 5) is 8.98. The highest BCUT2D eigenvalue weighted by atomic mass is 35.5. The Labute approximate surface area is 121 Å². The molecule has 0 spiro atoms. The molecule has 0 saturated carbocycles. The highest BCUT2D eigenvalue weighted by Gasteiger charge is 2.27. The van der Waals surface area contributed by atoms with Crippen LogP contribution in [0.2, 0.25) is 0 Å². The summed E-state index contributed by atoms with van der Waals surface area (Å²) in [7, 11) is 1.77. The van der Waals surface area contributed by atoms with Gasteiger partial charge in [0.1, 0.15) is 6.10 Å². The summed E-state index contributed by atoms with van der Waals surface area (Å²) in [6.45, 7) is 0. The van der Waals surface area contributed by atoms with Gasteiger partial charge in [-0.05, 0) is 45.5 Å². The zero-order valence-corrected chi connectivity index (χ0v) is 11.8. The van der Waals surface area contributed by atoms with E-state index < -0.39 is 4.70 Å². The van der Waals surface area contributed by atoms with Gasteiger partial charge in [0.2, 0.25) is 0 Å². The van der Waals surface area contributed by atoms with Crippen molar-refractivity contribution in [2.24, 2.45) is 0 Å². The van der Waals surface area contributed by atoms with Crippen molar-refractivity contribution in [2.45, 2.75) is 6.10 Å². The summed E-state index contributed by atoms with van der Waals surface area (Å²) >= 11 is 8.80. The smallest absolute Gasteiger partial charge is 0.313 e. The first-order valence-electron chi connectivity index (χ1n) is 5.71. The molecule has 0 saturated heterocycles. The molecular formula is C15H12Cl2O2. The number of halogens is 2. The van der Waals surface area contributed by atoms with E-state index in [0.717, 1.165) is 0 Å². The van der Waals surface area contributed by atoms with E-state index >= 15 is 0 Å². The van der Waals surface area contributed by atoms with E-state index in [1.165, 1.54) is 22.3 Å². The molecule has 0 atom stereocenters. The minimum atomic E-state index is -0.889. The number of carbonyl (C=O) groups is 1. The molecular weight excluding hydrogens is 283 g/mol. The molecule has 0 unspecified atom stereocenters. The highest BCUT2D eigenvalue weighted by molar-refractivity contribution is 6.93. The molecule has 1 aliphatic carbocycles. The van der Waals surface area contributed by atoms with Crippen LogP contribution in [-0.4, -0.2) is 11.8 Å². The Morgan fingerprint density at radius 3 is 1.68 bits per heavy atom. The maximum absolute atomic E-state index is 8.98. The van der Waals surface area contributed by atoms with Gasteiger partial charge < -0.3 is 4.74 Å². The Kier molecular flexibility index (Phi) is 4.59. The molecule has 2 aromatic carbocycles. The number of hydrogen-bond acceptors (Lipinski definition) is 2. The van der Waals surface area contributed by atoms with Crippen LogP contribution in [0.3, 0.4) is 0 Å². The predicted octanol–water partition coefficient (Wildman–Crippen LogP) is 4.99. The van der Waals surface area contributed by atoms with Crippen molar-refractivity contribution in [1.29, 1.82) is 0 Å². The van der Waals surface area contributed by atoms with Crippen molar-refractivity contribution in [3.05, 3.63) is 59.7 Å². The lowest BCUT2D eigenvalue weighted by atomic mass is 10.1. The second-order valence-corrected chi connectivity index (χ2v) is 4.90. The second kappa shape index (κ2) is 6.20. The molecule has 0 aromatic heterocycles. The van der Waals surface area contributed by atoms with E-state index in [9.17, 15) is 0 Å². The molecule has 3 rings (SSSR count). The molecule has 19 heavy (non-hydrogen) atoms. The van der Waals surface area contributed by atoms with Crippen LogP contribution in [0.15, 0.2) is 48.5 Å². The fourth-order valence-corrected chi connectivity index (χ4v) is 2.36. The Bertz CT molecular complexity index is 547. The Morgan fingerprint density at radius 1 is 0.947 bits per heavy atom. The third-order valence-electron chi connectivity index (χ3n) is 3.01. The summed E-state index contributed by atoms with van der Waals surface area (Å²) in [5.41, 5.74) is 5.17. The second-order valence-electron chi connectivity index (χ2n) is 4.02. The third-order valence-corrected chi connectivity index (χ3v) is 3.01.